The van der Waals surface area contributed by atoms with Crippen LogP contribution in [0.25, 0.3) is 0 Å². The van der Waals surface area contributed by atoms with Crippen LogP contribution in [0.4, 0.5) is 0 Å². The smallest absolute Gasteiger partial charge is 0.243 e. The summed E-state index contributed by atoms with van der Waals surface area (Å²) in [6.45, 7) is 13.3. The maximum atomic E-state index is 13.3. The van der Waals surface area contributed by atoms with E-state index < -0.39 is 10.0 Å². The Morgan fingerprint density at radius 3 is 1.77 bits per heavy atom. The number of carbonyl (C=O) groups is 1. The highest BCUT2D eigenvalue weighted by Crippen LogP contribution is 2.32. The van der Waals surface area contributed by atoms with E-state index in [-0.39, 0.29) is 11.8 Å². The van der Waals surface area contributed by atoms with Crippen LogP contribution in [0.5, 0.6) is 0 Å². The van der Waals surface area contributed by atoms with Gasteiger partial charge in [-0.25, -0.2) is 8.42 Å². The van der Waals surface area contributed by atoms with Crippen molar-refractivity contribution in [3.8, 4) is 0 Å². The zero-order valence-corrected chi connectivity index (χ0v) is 17.5. The molecule has 1 atom stereocenters. The molecule has 1 heterocycles. The van der Waals surface area contributed by atoms with Gasteiger partial charge in [0.15, 0.2) is 0 Å². The summed E-state index contributed by atoms with van der Waals surface area (Å²) in [7, 11) is -3.59. The first-order chi connectivity index (χ1) is 12.0. The van der Waals surface area contributed by atoms with Gasteiger partial charge in [-0.3, -0.25) is 4.79 Å². The summed E-state index contributed by atoms with van der Waals surface area (Å²) in [5.74, 6) is -0.232. The second kappa shape index (κ2) is 7.66. The fourth-order valence-electron chi connectivity index (χ4n) is 3.54. The van der Waals surface area contributed by atoms with Crippen molar-refractivity contribution in [1.29, 1.82) is 0 Å². The van der Waals surface area contributed by atoms with Crippen LogP contribution in [-0.4, -0.2) is 56.3 Å². The van der Waals surface area contributed by atoms with Crippen LogP contribution in [0.1, 0.15) is 34.7 Å². The number of hydrogen-bond donors (Lipinski definition) is 1. The van der Waals surface area contributed by atoms with Crippen molar-refractivity contribution in [1.82, 2.24) is 9.21 Å². The lowest BCUT2D eigenvalue weighted by Gasteiger charge is -2.36. The molecule has 2 N–H and O–H groups in total. The summed E-state index contributed by atoms with van der Waals surface area (Å²) in [5.41, 5.74) is 10.4. The van der Waals surface area contributed by atoms with E-state index in [1.807, 2.05) is 34.6 Å². The summed E-state index contributed by atoms with van der Waals surface area (Å²) >= 11 is 0. The van der Waals surface area contributed by atoms with Gasteiger partial charge >= 0.3 is 0 Å². The first-order valence-corrected chi connectivity index (χ1v) is 10.5. The summed E-state index contributed by atoms with van der Waals surface area (Å²) < 4.78 is 28.1. The fourth-order valence-corrected chi connectivity index (χ4v) is 5.53. The van der Waals surface area contributed by atoms with Crippen LogP contribution in [0.2, 0.25) is 0 Å². The summed E-state index contributed by atoms with van der Waals surface area (Å²) in [6, 6.07) is 0. The maximum Gasteiger partial charge on any atom is 0.243 e. The molecule has 0 spiro atoms. The third-order valence-corrected chi connectivity index (χ3v) is 8.03. The van der Waals surface area contributed by atoms with Gasteiger partial charge < -0.3 is 10.6 Å². The van der Waals surface area contributed by atoms with Crippen LogP contribution in [0.15, 0.2) is 4.90 Å². The summed E-state index contributed by atoms with van der Waals surface area (Å²) in [5, 5.41) is 0. The standard InChI is InChI=1S/C19H31N3O3S/c1-12(11-20)19(23)21-7-9-22(10-8-21)26(24,25)18-16(5)14(3)13(2)15(4)17(18)6/h12H,7-11,20H2,1-6H3. The molecule has 146 valence electrons. The molecule has 1 unspecified atom stereocenters. The normalized spacial score (nSPS) is 17.4. The average Bonchev–Trinajstić information content (AvgIpc) is 2.63. The SMILES string of the molecule is Cc1c(C)c(C)c(S(=O)(=O)N2CCN(C(=O)C(C)CN)CC2)c(C)c1C. The third-order valence-electron chi connectivity index (χ3n) is 5.85. The van der Waals surface area contributed by atoms with Crippen molar-refractivity contribution >= 4 is 15.9 Å². The molecule has 0 aromatic heterocycles. The van der Waals surface area contributed by atoms with Crippen molar-refractivity contribution in [3.63, 3.8) is 0 Å². The van der Waals surface area contributed by atoms with E-state index in [0.29, 0.717) is 37.6 Å². The highest BCUT2D eigenvalue weighted by atomic mass is 32.2. The highest BCUT2D eigenvalue weighted by molar-refractivity contribution is 7.89. The molecule has 2 rings (SSSR count). The van der Waals surface area contributed by atoms with E-state index in [2.05, 4.69) is 0 Å². The van der Waals surface area contributed by atoms with Crippen LogP contribution in [0.3, 0.4) is 0 Å². The van der Waals surface area contributed by atoms with Crippen molar-refractivity contribution in [2.75, 3.05) is 32.7 Å². The lowest BCUT2D eigenvalue weighted by atomic mass is 9.95. The topological polar surface area (TPSA) is 83.7 Å². The third kappa shape index (κ3) is 3.52. The Morgan fingerprint density at radius 2 is 1.35 bits per heavy atom. The molecule has 1 aliphatic rings. The second-order valence-electron chi connectivity index (χ2n) is 7.32. The van der Waals surface area contributed by atoms with Gasteiger partial charge in [-0.1, -0.05) is 6.92 Å². The summed E-state index contributed by atoms with van der Waals surface area (Å²) in [4.78, 5) is 14.4. The predicted molar refractivity (Wildman–Crippen MR) is 104 cm³/mol. The van der Waals surface area contributed by atoms with Crippen molar-refractivity contribution in [2.24, 2.45) is 11.7 Å². The van der Waals surface area contributed by atoms with Crippen LogP contribution in [0, 0.1) is 40.5 Å². The molecule has 6 nitrogen and oxygen atoms in total. The number of piperazine rings is 1. The van der Waals surface area contributed by atoms with E-state index in [1.54, 1.807) is 11.8 Å². The number of hydrogen-bond acceptors (Lipinski definition) is 4. The second-order valence-corrected chi connectivity index (χ2v) is 9.20. The van der Waals surface area contributed by atoms with Crippen LogP contribution >= 0.6 is 0 Å². The molecule has 0 bridgehead atoms. The van der Waals surface area contributed by atoms with E-state index >= 15 is 0 Å². The molecular formula is C19H31N3O3S. The molecule has 1 fully saturated rings. The van der Waals surface area contributed by atoms with E-state index in [0.717, 1.165) is 27.8 Å². The zero-order valence-electron chi connectivity index (χ0n) is 16.7. The Balaban J connectivity index is 2.30. The predicted octanol–water partition coefficient (Wildman–Crippen LogP) is 1.66. The minimum absolute atomic E-state index is 0.000987. The molecule has 0 aliphatic carbocycles. The average molecular weight is 382 g/mol. The molecule has 1 saturated heterocycles. The van der Waals surface area contributed by atoms with E-state index in [1.165, 1.54) is 4.31 Å². The van der Waals surface area contributed by atoms with Gasteiger partial charge in [0.1, 0.15) is 0 Å². The molecule has 26 heavy (non-hydrogen) atoms. The molecule has 1 amide bonds. The van der Waals surface area contributed by atoms with Crippen LogP contribution in [-0.2, 0) is 14.8 Å². The lowest BCUT2D eigenvalue weighted by molar-refractivity contribution is -0.135. The Labute approximate surface area is 157 Å². The molecule has 0 radical (unpaired) electrons. The first-order valence-electron chi connectivity index (χ1n) is 9.10. The van der Waals surface area contributed by atoms with Crippen LogP contribution < -0.4 is 5.73 Å². The monoisotopic (exact) mass is 381 g/mol. The molecule has 1 aromatic rings. The van der Waals surface area contributed by atoms with E-state index in [4.69, 9.17) is 5.73 Å². The molecule has 7 heteroatoms. The quantitative estimate of drug-likeness (QED) is 0.860. The lowest BCUT2D eigenvalue weighted by Crippen LogP contribution is -2.52. The van der Waals surface area contributed by atoms with E-state index in [9.17, 15) is 13.2 Å². The molecular weight excluding hydrogens is 350 g/mol. The number of rotatable bonds is 4. The maximum absolute atomic E-state index is 13.3. The Hall–Kier alpha value is -1.44. The largest absolute Gasteiger partial charge is 0.340 e. The van der Waals surface area contributed by atoms with Gasteiger partial charge in [0.25, 0.3) is 0 Å². The van der Waals surface area contributed by atoms with Gasteiger partial charge in [0.2, 0.25) is 15.9 Å². The minimum Gasteiger partial charge on any atom is -0.340 e. The zero-order chi connectivity index (χ0) is 19.8. The Kier molecular flexibility index (Phi) is 6.15. The molecule has 0 saturated carbocycles. The summed E-state index contributed by atoms with van der Waals surface area (Å²) in [6.07, 6.45) is 0. The van der Waals surface area contributed by atoms with Gasteiger partial charge in [-0.2, -0.15) is 4.31 Å². The van der Waals surface area contributed by atoms with Gasteiger partial charge in [0, 0.05) is 38.6 Å². The number of nitrogens with zero attached hydrogens (tertiary/aromatic N) is 2. The number of sulfonamides is 1. The number of benzene rings is 1. The van der Waals surface area contributed by atoms with Gasteiger partial charge in [-0.15, -0.1) is 0 Å². The van der Waals surface area contributed by atoms with Crippen molar-refractivity contribution < 1.29 is 13.2 Å². The van der Waals surface area contributed by atoms with Crippen molar-refractivity contribution in [2.45, 2.75) is 46.4 Å². The first kappa shape index (κ1) is 20.9. The molecule has 1 aliphatic heterocycles. The Morgan fingerprint density at radius 1 is 0.923 bits per heavy atom. The fraction of sp³-hybridized carbons (Fsp3) is 0.632. The van der Waals surface area contributed by atoms with Crippen molar-refractivity contribution in [3.05, 3.63) is 27.8 Å². The molecule has 1 aromatic carbocycles. The number of carbonyl (C=O) groups excluding carboxylic acids is 1. The highest BCUT2D eigenvalue weighted by Gasteiger charge is 2.33. The Bertz CT molecular complexity index is 781. The van der Waals surface area contributed by atoms with Gasteiger partial charge in [-0.05, 0) is 62.4 Å². The minimum atomic E-state index is -3.59. The van der Waals surface area contributed by atoms with Gasteiger partial charge in [0.05, 0.1) is 4.90 Å². The number of nitrogens with two attached hydrogens (primary N) is 1. The number of amides is 1.